The number of hydrogen-bond acceptors (Lipinski definition) is 7. The fraction of sp³-hybridized carbons (Fsp3) is 0.333. The van der Waals surface area contributed by atoms with Crippen LogP contribution >= 0.6 is 0 Å². The number of nitrogen functional groups attached to an aromatic ring is 1. The first-order valence-corrected chi connectivity index (χ1v) is 7.92. The lowest BCUT2D eigenvalue weighted by Gasteiger charge is -2.08. The van der Waals surface area contributed by atoms with Crippen molar-refractivity contribution < 1.29 is 17.7 Å². The zero-order valence-corrected chi connectivity index (χ0v) is 12.0. The molecule has 0 aliphatic rings. The van der Waals surface area contributed by atoms with Gasteiger partial charge in [0.15, 0.2) is 6.33 Å². The van der Waals surface area contributed by atoms with Crippen molar-refractivity contribution in [3.8, 4) is 5.75 Å². The summed E-state index contributed by atoms with van der Waals surface area (Å²) in [5.74, 6) is 0.774. The van der Waals surface area contributed by atoms with Crippen LogP contribution in [-0.4, -0.2) is 37.5 Å². The van der Waals surface area contributed by atoms with Crippen LogP contribution in [0, 0.1) is 0 Å². The first-order valence-electron chi connectivity index (χ1n) is 6.26. The molecule has 1 aromatic heterocycles. The average molecular weight is 312 g/mol. The Morgan fingerprint density at radius 1 is 1.38 bits per heavy atom. The third kappa shape index (κ3) is 5.40. The van der Waals surface area contributed by atoms with Crippen LogP contribution in [0.5, 0.6) is 5.75 Å². The predicted molar refractivity (Wildman–Crippen MR) is 76.1 cm³/mol. The van der Waals surface area contributed by atoms with E-state index in [9.17, 15) is 8.42 Å². The van der Waals surface area contributed by atoms with Crippen molar-refractivity contribution in [1.29, 1.82) is 0 Å². The van der Waals surface area contributed by atoms with Crippen molar-refractivity contribution in [1.82, 2.24) is 14.9 Å². The third-order valence-corrected chi connectivity index (χ3v) is 3.89. The van der Waals surface area contributed by atoms with Gasteiger partial charge in [0, 0.05) is 24.7 Å². The Bertz CT molecular complexity index is 658. The minimum absolute atomic E-state index is 0.0410. The lowest BCUT2D eigenvalue weighted by molar-refractivity contribution is 0.340. The molecule has 0 fully saturated rings. The maximum absolute atomic E-state index is 11.7. The molecule has 2 rings (SSSR count). The van der Waals surface area contributed by atoms with E-state index in [1.807, 2.05) is 0 Å². The molecule has 114 valence electrons. The highest BCUT2D eigenvalue weighted by Gasteiger charge is 2.11. The van der Waals surface area contributed by atoms with Gasteiger partial charge in [-0.2, -0.15) is 4.98 Å². The van der Waals surface area contributed by atoms with Crippen molar-refractivity contribution in [3.63, 3.8) is 0 Å². The van der Waals surface area contributed by atoms with Gasteiger partial charge in [-0.25, -0.2) is 13.1 Å². The molecule has 0 radical (unpaired) electrons. The first kappa shape index (κ1) is 15.3. The van der Waals surface area contributed by atoms with Crippen LogP contribution in [0.4, 0.5) is 5.69 Å². The molecule has 0 amide bonds. The van der Waals surface area contributed by atoms with Gasteiger partial charge in [0.05, 0.1) is 5.75 Å². The molecule has 1 heterocycles. The summed E-state index contributed by atoms with van der Waals surface area (Å²) in [6.45, 7) is 0.238. The Morgan fingerprint density at radius 3 is 2.95 bits per heavy atom. The Morgan fingerprint density at radius 2 is 2.24 bits per heavy atom. The molecule has 2 aromatic rings. The molecule has 0 saturated heterocycles. The summed E-state index contributed by atoms with van der Waals surface area (Å²) in [5.41, 5.74) is 6.16. The van der Waals surface area contributed by atoms with Gasteiger partial charge in [-0.1, -0.05) is 11.2 Å². The van der Waals surface area contributed by atoms with Crippen molar-refractivity contribution in [2.45, 2.75) is 6.42 Å². The van der Waals surface area contributed by atoms with Crippen LogP contribution in [0.1, 0.15) is 5.89 Å². The van der Waals surface area contributed by atoms with Gasteiger partial charge < -0.3 is 15.0 Å². The van der Waals surface area contributed by atoms with Crippen molar-refractivity contribution in [3.05, 3.63) is 36.5 Å². The molecule has 9 heteroatoms. The lowest BCUT2D eigenvalue weighted by Crippen LogP contribution is -2.30. The van der Waals surface area contributed by atoms with E-state index in [2.05, 4.69) is 14.9 Å². The Hall–Kier alpha value is -2.13. The molecule has 0 aliphatic carbocycles. The molecule has 1 aromatic carbocycles. The van der Waals surface area contributed by atoms with Crippen molar-refractivity contribution >= 4 is 15.7 Å². The molecule has 0 aliphatic heterocycles. The van der Waals surface area contributed by atoms with E-state index in [0.29, 0.717) is 23.7 Å². The SMILES string of the molecule is Nc1cccc(OCCS(=O)(=O)NCCc2ncno2)c1. The number of rotatable bonds is 8. The van der Waals surface area contributed by atoms with Crippen LogP contribution in [-0.2, 0) is 16.4 Å². The zero-order chi connectivity index (χ0) is 15.1. The number of aromatic nitrogens is 2. The first-order chi connectivity index (χ1) is 10.1. The molecule has 3 N–H and O–H groups in total. The van der Waals surface area contributed by atoms with E-state index in [4.69, 9.17) is 15.0 Å². The molecule has 0 atom stereocenters. The van der Waals surface area contributed by atoms with Gasteiger partial charge in [0.2, 0.25) is 15.9 Å². The maximum Gasteiger partial charge on any atom is 0.227 e. The number of anilines is 1. The molecule has 8 nitrogen and oxygen atoms in total. The molecular formula is C12H16N4O4S. The van der Waals surface area contributed by atoms with Crippen LogP contribution in [0.3, 0.4) is 0 Å². The molecule has 0 saturated carbocycles. The van der Waals surface area contributed by atoms with Crippen molar-refractivity contribution in [2.24, 2.45) is 0 Å². The van der Waals surface area contributed by atoms with Gasteiger partial charge in [-0.05, 0) is 12.1 Å². The van der Waals surface area contributed by atoms with Crippen molar-refractivity contribution in [2.75, 3.05) is 24.6 Å². The topological polar surface area (TPSA) is 120 Å². The van der Waals surface area contributed by atoms with E-state index in [1.165, 1.54) is 6.33 Å². The van der Waals surface area contributed by atoms with Crippen LogP contribution in [0.2, 0.25) is 0 Å². The van der Waals surface area contributed by atoms with E-state index >= 15 is 0 Å². The predicted octanol–water partition coefficient (Wildman–Crippen LogP) is 0.193. The van der Waals surface area contributed by atoms with Gasteiger partial charge >= 0.3 is 0 Å². The fourth-order valence-electron chi connectivity index (χ4n) is 1.57. The summed E-state index contributed by atoms with van der Waals surface area (Å²) in [4.78, 5) is 3.80. The van der Waals surface area contributed by atoms with Gasteiger partial charge in [0.1, 0.15) is 12.4 Å². The Labute approximate surface area is 122 Å². The minimum Gasteiger partial charge on any atom is -0.492 e. The number of benzene rings is 1. The highest BCUT2D eigenvalue weighted by molar-refractivity contribution is 7.89. The second-order valence-corrected chi connectivity index (χ2v) is 6.15. The standard InChI is InChI=1S/C12H16N4O4S/c13-10-2-1-3-11(8-10)19-6-7-21(17,18)16-5-4-12-14-9-15-20-12/h1-3,8-9,16H,4-7,13H2. The minimum atomic E-state index is -3.41. The fourth-order valence-corrected chi connectivity index (χ4v) is 2.43. The number of hydrogen-bond donors (Lipinski definition) is 2. The largest absolute Gasteiger partial charge is 0.492 e. The quantitative estimate of drug-likeness (QED) is 0.667. The lowest BCUT2D eigenvalue weighted by atomic mass is 10.3. The molecule has 21 heavy (non-hydrogen) atoms. The van der Waals surface area contributed by atoms with E-state index in [1.54, 1.807) is 24.3 Å². The summed E-state index contributed by atoms with van der Waals surface area (Å²) in [5, 5.41) is 3.43. The molecule has 0 unspecified atom stereocenters. The van der Waals surface area contributed by atoms with E-state index < -0.39 is 10.0 Å². The van der Waals surface area contributed by atoms with Crippen LogP contribution < -0.4 is 15.2 Å². The monoisotopic (exact) mass is 312 g/mol. The number of sulfonamides is 1. The normalized spacial score (nSPS) is 11.4. The summed E-state index contributed by atoms with van der Waals surface area (Å²) in [7, 11) is -3.41. The van der Waals surface area contributed by atoms with Crippen LogP contribution in [0.15, 0.2) is 35.1 Å². The summed E-state index contributed by atoms with van der Waals surface area (Å²) in [6, 6.07) is 6.81. The molecular weight excluding hydrogens is 296 g/mol. The second-order valence-electron chi connectivity index (χ2n) is 4.22. The summed E-state index contributed by atoms with van der Waals surface area (Å²) < 4.78 is 36.0. The Kier molecular flexibility index (Phi) is 5.12. The van der Waals surface area contributed by atoms with E-state index in [0.717, 1.165) is 0 Å². The number of nitrogens with zero attached hydrogens (tertiary/aromatic N) is 2. The Balaban J connectivity index is 1.71. The smallest absolute Gasteiger partial charge is 0.227 e. The molecule has 0 spiro atoms. The number of nitrogens with two attached hydrogens (primary N) is 1. The zero-order valence-electron chi connectivity index (χ0n) is 11.2. The second kappa shape index (κ2) is 7.04. The highest BCUT2D eigenvalue weighted by atomic mass is 32.2. The van der Waals surface area contributed by atoms with Crippen LogP contribution in [0.25, 0.3) is 0 Å². The molecule has 0 bridgehead atoms. The van der Waals surface area contributed by atoms with Gasteiger partial charge in [0.25, 0.3) is 0 Å². The average Bonchev–Trinajstić information content (AvgIpc) is 2.91. The third-order valence-electron chi connectivity index (χ3n) is 2.55. The number of nitrogens with one attached hydrogen (secondary N) is 1. The van der Waals surface area contributed by atoms with Gasteiger partial charge in [-0.15, -0.1) is 0 Å². The van der Waals surface area contributed by atoms with E-state index in [-0.39, 0.29) is 18.9 Å². The van der Waals surface area contributed by atoms with Gasteiger partial charge in [-0.3, -0.25) is 0 Å². The maximum atomic E-state index is 11.7. The summed E-state index contributed by atoms with van der Waals surface area (Å²) in [6.07, 6.45) is 1.61. The summed E-state index contributed by atoms with van der Waals surface area (Å²) >= 11 is 0. The number of ether oxygens (including phenoxy) is 1. The highest BCUT2D eigenvalue weighted by Crippen LogP contribution is 2.14.